The third-order valence-corrected chi connectivity index (χ3v) is 6.22. The second-order valence-electron chi connectivity index (χ2n) is 8.11. The van der Waals surface area contributed by atoms with Gasteiger partial charge < -0.3 is 15.2 Å². The number of rotatable bonds is 4. The van der Waals surface area contributed by atoms with Crippen molar-refractivity contribution in [2.45, 2.75) is 24.8 Å². The van der Waals surface area contributed by atoms with E-state index in [9.17, 15) is 4.79 Å². The van der Waals surface area contributed by atoms with Gasteiger partial charge in [0.1, 0.15) is 0 Å². The SMILES string of the molecule is O=C(NC(c1ccccc1)c1ccccc1)N1CCC(c2c[nH]c3cccnc23)CC1. The number of nitrogens with zero attached hydrogens (tertiary/aromatic N) is 2. The summed E-state index contributed by atoms with van der Waals surface area (Å²) in [6.07, 6.45) is 5.81. The standard InChI is InChI=1S/C26H26N4O/c31-26(29-24(20-8-3-1-4-9-20)21-10-5-2-6-11-21)30-16-13-19(14-17-30)22-18-28-23-12-7-15-27-25(22)23/h1-12,15,18-19,24,28H,13-14,16-17H2,(H,29,31). The second-order valence-corrected chi connectivity index (χ2v) is 8.11. The van der Waals surface area contributed by atoms with Crippen molar-refractivity contribution < 1.29 is 4.79 Å². The van der Waals surface area contributed by atoms with Crippen molar-refractivity contribution in [2.75, 3.05) is 13.1 Å². The summed E-state index contributed by atoms with van der Waals surface area (Å²) < 4.78 is 0. The highest BCUT2D eigenvalue weighted by molar-refractivity contribution is 5.79. The number of piperidine rings is 1. The Kier molecular flexibility index (Phi) is 5.40. The largest absolute Gasteiger partial charge is 0.360 e. The summed E-state index contributed by atoms with van der Waals surface area (Å²) in [5, 5.41) is 3.27. The van der Waals surface area contributed by atoms with Crippen LogP contribution in [0.1, 0.15) is 41.5 Å². The number of fused-ring (bicyclic) bond motifs is 1. The van der Waals surface area contributed by atoms with Crippen LogP contribution in [-0.2, 0) is 0 Å². The molecule has 5 nitrogen and oxygen atoms in total. The molecule has 5 heteroatoms. The molecule has 0 radical (unpaired) electrons. The highest BCUT2D eigenvalue weighted by atomic mass is 16.2. The van der Waals surface area contributed by atoms with Crippen LogP contribution in [-0.4, -0.2) is 34.0 Å². The minimum atomic E-state index is -0.162. The van der Waals surface area contributed by atoms with Crippen molar-refractivity contribution >= 4 is 17.1 Å². The zero-order chi connectivity index (χ0) is 21.0. The maximum absolute atomic E-state index is 13.2. The molecule has 4 aromatic rings. The summed E-state index contributed by atoms with van der Waals surface area (Å²) in [5.41, 5.74) is 5.57. The lowest BCUT2D eigenvalue weighted by Gasteiger charge is -2.33. The van der Waals surface area contributed by atoms with Gasteiger partial charge in [0.05, 0.1) is 17.1 Å². The second kappa shape index (κ2) is 8.64. The molecule has 1 aliphatic heterocycles. The van der Waals surface area contributed by atoms with Crippen LogP contribution in [0.5, 0.6) is 0 Å². The average molecular weight is 411 g/mol. The van der Waals surface area contributed by atoms with E-state index < -0.39 is 0 Å². The van der Waals surface area contributed by atoms with Gasteiger partial charge in [0.2, 0.25) is 0 Å². The molecule has 0 unspecified atom stereocenters. The normalized spacial score (nSPS) is 14.8. The fraction of sp³-hybridized carbons (Fsp3) is 0.231. The third-order valence-electron chi connectivity index (χ3n) is 6.22. The first-order chi connectivity index (χ1) is 15.3. The number of carbonyl (C=O) groups excluding carboxylic acids is 1. The van der Waals surface area contributed by atoms with Gasteiger partial charge in [0.25, 0.3) is 0 Å². The zero-order valence-electron chi connectivity index (χ0n) is 17.4. The summed E-state index contributed by atoms with van der Waals surface area (Å²) in [4.78, 5) is 23.0. The maximum Gasteiger partial charge on any atom is 0.318 e. The molecule has 0 atom stereocenters. The number of pyridine rings is 1. The quantitative estimate of drug-likeness (QED) is 0.483. The van der Waals surface area contributed by atoms with Crippen LogP contribution >= 0.6 is 0 Å². The van der Waals surface area contributed by atoms with Gasteiger partial charge in [-0.15, -0.1) is 0 Å². The topological polar surface area (TPSA) is 61.0 Å². The van der Waals surface area contributed by atoms with E-state index in [2.05, 4.69) is 51.8 Å². The predicted octanol–water partition coefficient (Wildman–Crippen LogP) is 5.24. The van der Waals surface area contributed by atoms with Gasteiger partial charge in [-0.1, -0.05) is 60.7 Å². The van der Waals surface area contributed by atoms with Crippen LogP contribution in [0.3, 0.4) is 0 Å². The smallest absolute Gasteiger partial charge is 0.318 e. The molecule has 2 amide bonds. The lowest BCUT2D eigenvalue weighted by Crippen LogP contribution is -2.45. The fourth-order valence-corrected chi connectivity index (χ4v) is 4.55. The molecule has 31 heavy (non-hydrogen) atoms. The highest BCUT2D eigenvalue weighted by Gasteiger charge is 2.27. The molecule has 0 bridgehead atoms. The van der Waals surface area contributed by atoms with Crippen molar-refractivity contribution in [3.05, 3.63) is 102 Å². The van der Waals surface area contributed by atoms with Gasteiger partial charge in [0, 0.05) is 25.5 Å². The Balaban J connectivity index is 1.28. The number of aromatic amines is 1. The van der Waals surface area contributed by atoms with E-state index in [0.29, 0.717) is 5.92 Å². The van der Waals surface area contributed by atoms with Gasteiger partial charge in [-0.2, -0.15) is 0 Å². The number of carbonyl (C=O) groups is 1. The Hall–Kier alpha value is -3.60. The highest BCUT2D eigenvalue weighted by Crippen LogP contribution is 2.32. The Morgan fingerprint density at radius 1 is 0.935 bits per heavy atom. The van der Waals surface area contributed by atoms with Gasteiger partial charge in [-0.25, -0.2) is 4.79 Å². The molecule has 2 N–H and O–H groups in total. The molecule has 1 saturated heterocycles. The summed E-state index contributed by atoms with van der Waals surface area (Å²) in [5.74, 6) is 0.423. The van der Waals surface area contributed by atoms with Crippen LogP contribution < -0.4 is 5.32 Å². The molecule has 2 aromatic heterocycles. The maximum atomic E-state index is 13.2. The summed E-state index contributed by atoms with van der Waals surface area (Å²) in [6, 6.07) is 24.1. The predicted molar refractivity (Wildman–Crippen MR) is 123 cm³/mol. The van der Waals surface area contributed by atoms with Crippen LogP contribution in [0.25, 0.3) is 11.0 Å². The van der Waals surface area contributed by atoms with E-state index >= 15 is 0 Å². The number of benzene rings is 2. The summed E-state index contributed by atoms with van der Waals surface area (Å²) in [6.45, 7) is 1.48. The lowest BCUT2D eigenvalue weighted by atomic mass is 9.90. The fourth-order valence-electron chi connectivity index (χ4n) is 4.55. The Morgan fingerprint density at radius 2 is 1.58 bits per heavy atom. The number of likely N-dealkylation sites (tertiary alicyclic amines) is 1. The number of H-pyrrole nitrogens is 1. The zero-order valence-corrected chi connectivity index (χ0v) is 17.4. The number of hydrogen-bond donors (Lipinski definition) is 2. The van der Waals surface area contributed by atoms with E-state index in [4.69, 9.17) is 0 Å². The molecule has 0 aliphatic carbocycles. The number of urea groups is 1. The average Bonchev–Trinajstić information content (AvgIpc) is 3.28. The number of nitrogens with one attached hydrogen (secondary N) is 2. The van der Waals surface area contributed by atoms with Gasteiger partial charge >= 0.3 is 6.03 Å². The van der Waals surface area contributed by atoms with Crippen LogP contribution in [0.4, 0.5) is 4.79 Å². The molecule has 1 aliphatic rings. The minimum absolute atomic E-state index is 0.00629. The molecule has 1 fully saturated rings. The van der Waals surface area contributed by atoms with Crippen molar-refractivity contribution in [3.8, 4) is 0 Å². The molecule has 2 aromatic carbocycles. The first-order valence-corrected chi connectivity index (χ1v) is 10.9. The Labute approximate surface area is 182 Å². The van der Waals surface area contributed by atoms with Crippen molar-refractivity contribution in [3.63, 3.8) is 0 Å². The summed E-state index contributed by atoms with van der Waals surface area (Å²) in [7, 11) is 0. The number of aromatic nitrogens is 2. The van der Waals surface area contributed by atoms with E-state index in [1.807, 2.05) is 53.6 Å². The molecule has 3 heterocycles. The first kappa shape index (κ1) is 19.4. The van der Waals surface area contributed by atoms with Crippen molar-refractivity contribution in [1.82, 2.24) is 20.2 Å². The monoisotopic (exact) mass is 410 g/mol. The molecular formula is C26H26N4O. The van der Waals surface area contributed by atoms with Crippen LogP contribution in [0.15, 0.2) is 85.2 Å². The molecule has 0 spiro atoms. The van der Waals surface area contributed by atoms with Gasteiger partial charge in [0.15, 0.2) is 0 Å². The molecule has 5 rings (SSSR count). The first-order valence-electron chi connectivity index (χ1n) is 10.9. The summed E-state index contributed by atoms with van der Waals surface area (Å²) >= 11 is 0. The van der Waals surface area contributed by atoms with Crippen LogP contribution in [0, 0.1) is 0 Å². The van der Waals surface area contributed by atoms with Crippen molar-refractivity contribution in [1.29, 1.82) is 0 Å². The Morgan fingerprint density at radius 3 is 2.23 bits per heavy atom. The van der Waals surface area contributed by atoms with E-state index in [-0.39, 0.29) is 12.1 Å². The van der Waals surface area contributed by atoms with E-state index in [1.54, 1.807) is 0 Å². The third kappa shape index (κ3) is 4.04. The Bertz CT molecular complexity index is 1110. The lowest BCUT2D eigenvalue weighted by molar-refractivity contribution is 0.179. The van der Waals surface area contributed by atoms with Crippen LogP contribution in [0.2, 0.25) is 0 Å². The number of hydrogen-bond acceptors (Lipinski definition) is 2. The number of amides is 2. The molecule has 156 valence electrons. The molecular weight excluding hydrogens is 384 g/mol. The molecule has 0 saturated carbocycles. The van der Waals surface area contributed by atoms with Gasteiger partial charge in [-0.3, -0.25) is 4.98 Å². The van der Waals surface area contributed by atoms with E-state index in [0.717, 1.165) is 48.1 Å². The van der Waals surface area contributed by atoms with Gasteiger partial charge in [-0.05, 0) is 47.6 Å². The minimum Gasteiger partial charge on any atom is -0.360 e. The van der Waals surface area contributed by atoms with E-state index in [1.165, 1.54) is 5.56 Å². The van der Waals surface area contributed by atoms with Crippen molar-refractivity contribution in [2.24, 2.45) is 0 Å².